The van der Waals surface area contributed by atoms with Crippen LogP contribution in [0.15, 0.2) is 34.6 Å². The first-order chi connectivity index (χ1) is 11.1. The zero-order valence-electron chi connectivity index (χ0n) is 13.6. The van der Waals surface area contributed by atoms with Crippen LogP contribution in [0.2, 0.25) is 5.02 Å². The largest absolute Gasteiger partial charge is 0.357 e. The van der Waals surface area contributed by atoms with E-state index in [2.05, 4.69) is 26.0 Å². The summed E-state index contributed by atoms with van der Waals surface area (Å²) >= 11 is 7.53. The van der Waals surface area contributed by atoms with Crippen molar-refractivity contribution in [1.29, 1.82) is 0 Å². The van der Waals surface area contributed by atoms with Crippen molar-refractivity contribution in [3.05, 3.63) is 45.9 Å². The lowest BCUT2D eigenvalue weighted by molar-refractivity contribution is 0.803. The highest BCUT2D eigenvalue weighted by Crippen LogP contribution is 2.17. The van der Waals surface area contributed by atoms with E-state index in [9.17, 15) is 0 Å². The van der Waals surface area contributed by atoms with Crippen molar-refractivity contribution in [2.45, 2.75) is 20.0 Å². The van der Waals surface area contributed by atoms with Gasteiger partial charge in [-0.25, -0.2) is 9.98 Å². The van der Waals surface area contributed by atoms with E-state index >= 15 is 0 Å². The van der Waals surface area contributed by atoms with Gasteiger partial charge in [-0.2, -0.15) is 0 Å². The zero-order chi connectivity index (χ0) is 16.7. The molecule has 0 unspecified atom stereocenters. The average Bonchev–Trinajstić information content (AvgIpc) is 3.01. The van der Waals surface area contributed by atoms with E-state index in [1.165, 1.54) is 0 Å². The highest BCUT2D eigenvalue weighted by Gasteiger charge is 2.04. The molecule has 23 heavy (non-hydrogen) atoms. The van der Waals surface area contributed by atoms with Gasteiger partial charge in [0.25, 0.3) is 0 Å². The Morgan fingerprint density at radius 1 is 1.26 bits per heavy atom. The van der Waals surface area contributed by atoms with Gasteiger partial charge in [-0.05, 0) is 24.6 Å². The molecule has 0 radical (unpaired) electrons. The topological polar surface area (TPSA) is 52.6 Å². The van der Waals surface area contributed by atoms with Crippen LogP contribution in [0.3, 0.4) is 0 Å². The molecule has 1 aromatic carbocycles. The lowest BCUT2D eigenvalue weighted by Crippen LogP contribution is -2.36. The van der Waals surface area contributed by atoms with Gasteiger partial charge in [-0.15, -0.1) is 11.3 Å². The van der Waals surface area contributed by atoms with Gasteiger partial charge in [0.1, 0.15) is 0 Å². The van der Waals surface area contributed by atoms with Crippen LogP contribution in [-0.2, 0) is 13.1 Å². The number of guanidine groups is 1. The third-order valence-electron chi connectivity index (χ3n) is 3.04. The van der Waals surface area contributed by atoms with Crippen LogP contribution in [0.1, 0.15) is 18.2 Å². The first-order valence-corrected chi connectivity index (χ1v) is 8.72. The molecule has 124 valence electrons. The number of nitrogens with zero attached hydrogens (tertiary/aromatic N) is 3. The second-order valence-corrected chi connectivity index (χ2v) is 6.46. The normalized spacial score (nSPS) is 11.4. The first-order valence-electron chi connectivity index (χ1n) is 7.47. The number of aromatic nitrogens is 1. The number of thiazole rings is 1. The van der Waals surface area contributed by atoms with E-state index in [1.54, 1.807) is 11.3 Å². The lowest BCUT2D eigenvalue weighted by atomic mass is 10.2. The maximum atomic E-state index is 5.90. The van der Waals surface area contributed by atoms with Crippen molar-refractivity contribution < 1.29 is 0 Å². The van der Waals surface area contributed by atoms with Crippen molar-refractivity contribution in [3.8, 4) is 0 Å². The molecule has 0 fully saturated rings. The van der Waals surface area contributed by atoms with Crippen LogP contribution in [0.5, 0.6) is 0 Å². The Bertz CT molecular complexity index is 636. The molecular formula is C16H22ClN5S. The van der Waals surface area contributed by atoms with Crippen LogP contribution in [0.4, 0.5) is 5.13 Å². The van der Waals surface area contributed by atoms with Gasteiger partial charge < -0.3 is 15.5 Å². The minimum Gasteiger partial charge on any atom is -0.357 e. The van der Waals surface area contributed by atoms with Crippen molar-refractivity contribution in [2.75, 3.05) is 25.5 Å². The molecule has 5 nitrogen and oxygen atoms in total. The second kappa shape index (κ2) is 8.74. The summed E-state index contributed by atoms with van der Waals surface area (Å²) in [5.41, 5.74) is 2.13. The van der Waals surface area contributed by atoms with E-state index in [1.807, 2.05) is 50.2 Å². The first kappa shape index (κ1) is 17.6. The van der Waals surface area contributed by atoms with E-state index in [-0.39, 0.29) is 0 Å². The van der Waals surface area contributed by atoms with Gasteiger partial charge in [-0.3, -0.25) is 0 Å². The molecular weight excluding hydrogens is 330 g/mol. The van der Waals surface area contributed by atoms with E-state index in [4.69, 9.17) is 11.6 Å². The van der Waals surface area contributed by atoms with E-state index in [0.717, 1.165) is 33.9 Å². The third kappa shape index (κ3) is 5.73. The number of aliphatic imine (C=N–C) groups is 1. The van der Waals surface area contributed by atoms with E-state index in [0.29, 0.717) is 13.1 Å². The van der Waals surface area contributed by atoms with Crippen molar-refractivity contribution in [3.63, 3.8) is 0 Å². The molecule has 1 heterocycles. The molecule has 2 aromatic rings. The van der Waals surface area contributed by atoms with Gasteiger partial charge in [0, 0.05) is 31.0 Å². The number of hydrogen-bond donors (Lipinski definition) is 2. The maximum absolute atomic E-state index is 5.90. The molecule has 0 amide bonds. The zero-order valence-corrected chi connectivity index (χ0v) is 15.2. The number of anilines is 1. The fraction of sp³-hybridized carbons (Fsp3) is 0.375. The molecule has 0 bridgehead atoms. The van der Waals surface area contributed by atoms with Crippen LogP contribution >= 0.6 is 22.9 Å². The summed E-state index contributed by atoms with van der Waals surface area (Å²) in [5, 5.41) is 10.4. The number of rotatable bonds is 6. The van der Waals surface area contributed by atoms with Gasteiger partial charge in [0.05, 0.1) is 18.8 Å². The predicted molar refractivity (Wildman–Crippen MR) is 99.5 cm³/mol. The SMILES string of the molecule is CCNC(=NCc1ccc(Cl)cc1)NCc1csc(N(C)C)n1. The summed E-state index contributed by atoms with van der Waals surface area (Å²) in [5.74, 6) is 0.779. The summed E-state index contributed by atoms with van der Waals surface area (Å²) in [7, 11) is 3.99. The van der Waals surface area contributed by atoms with Crippen LogP contribution in [0.25, 0.3) is 0 Å². The van der Waals surface area contributed by atoms with Crippen molar-refractivity contribution in [1.82, 2.24) is 15.6 Å². The quantitative estimate of drug-likeness (QED) is 0.620. The summed E-state index contributed by atoms with van der Waals surface area (Å²) in [6, 6.07) is 7.73. The Hall–Kier alpha value is -1.79. The van der Waals surface area contributed by atoms with E-state index < -0.39 is 0 Å². The number of hydrogen-bond acceptors (Lipinski definition) is 4. The Kier molecular flexibility index (Phi) is 6.67. The molecule has 7 heteroatoms. The van der Waals surface area contributed by atoms with Gasteiger partial charge in [0.2, 0.25) is 0 Å². The molecule has 0 aliphatic heterocycles. The molecule has 0 spiro atoms. The molecule has 0 saturated heterocycles. The number of benzene rings is 1. The lowest BCUT2D eigenvalue weighted by Gasteiger charge is -2.10. The molecule has 2 rings (SSSR count). The predicted octanol–water partition coefficient (Wildman–Crippen LogP) is 3.12. The average molecular weight is 352 g/mol. The monoisotopic (exact) mass is 351 g/mol. The Balaban J connectivity index is 1.94. The summed E-state index contributed by atoms with van der Waals surface area (Å²) in [6.07, 6.45) is 0. The smallest absolute Gasteiger partial charge is 0.191 e. The summed E-state index contributed by atoms with van der Waals surface area (Å²) < 4.78 is 0. The summed E-state index contributed by atoms with van der Waals surface area (Å²) in [4.78, 5) is 11.1. The minimum atomic E-state index is 0.604. The fourth-order valence-electron chi connectivity index (χ4n) is 1.86. The van der Waals surface area contributed by atoms with Crippen LogP contribution in [0, 0.1) is 0 Å². The Labute approximate surface area is 146 Å². The van der Waals surface area contributed by atoms with Crippen molar-refractivity contribution >= 4 is 34.0 Å². The molecule has 1 aromatic heterocycles. The highest BCUT2D eigenvalue weighted by molar-refractivity contribution is 7.13. The van der Waals surface area contributed by atoms with Gasteiger partial charge >= 0.3 is 0 Å². The molecule has 0 atom stereocenters. The minimum absolute atomic E-state index is 0.604. The molecule has 2 N–H and O–H groups in total. The number of nitrogens with one attached hydrogen (secondary N) is 2. The highest BCUT2D eigenvalue weighted by atomic mass is 35.5. The standard InChI is InChI=1S/C16H22ClN5S/c1-4-18-15(19-9-12-5-7-13(17)8-6-12)20-10-14-11-23-16(21-14)22(2)3/h5-8,11H,4,9-10H2,1-3H3,(H2,18,19,20). The van der Waals surface area contributed by atoms with Gasteiger partial charge in [-0.1, -0.05) is 23.7 Å². The van der Waals surface area contributed by atoms with Crippen LogP contribution in [-0.4, -0.2) is 31.6 Å². The molecule has 0 aliphatic rings. The Morgan fingerprint density at radius 2 is 2.00 bits per heavy atom. The van der Waals surface area contributed by atoms with Crippen molar-refractivity contribution in [2.24, 2.45) is 4.99 Å². The fourth-order valence-corrected chi connectivity index (χ4v) is 2.74. The second-order valence-electron chi connectivity index (χ2n) is 5.19. The summed E-state index contributed by atoms with van der Waals surface area (Å²) in [6.45, 7) is 4.11. The Morgan fingerprint density at radius 3 is 2.61 bits per heavy atom. The molecule has 0 saturated carbocycles. The van der Waals surface area contributed by atoms with Gasteiger partial charge in [0.15, 0.2) is 11.1 Å². The maximum Gasteiger partial charge on any atom is 0.191 e. The third-order valence-corrected chi connectivity index (χ3v) is 4.35. The number of halogens is 1. The molecule has 0 aliphatic carbocycles. The van der Waals surface area contributed by atoms with Crippen LogP contribution < -0.4 is 15.5 Å².